The molecule has 0 aromatic heterocycles. The van der Waals surface area contributed by atoms with Gasteiger partial charge in [-0.05, 0) is 45.8 Å². The van der Waals surface area contributed by atoms with Gasteiger partial charge in [-0.3, -0.25) is 0 Å². The summed E-state index contributed by atoms with van der Waals surface area (Å²) >= 11 is 11.6. The molecule has 0 aliphatic rings. The zero-order valence-corrected chi connectivity index (χ0v) is 19.5. The van der Waals surface area contributed by atoms with E-state index in [1.54, 1.807) is 12.1 Å². The van der Waals surface area contributed by atoms with E-state index >= 15 is 0 Å². The molecule has 0 aliphatic carbocycles. The molecule has 0 atom stereocenters. The van der Waals surface area contributed by atoms with Crippen molar-refractivity contribution in [3.8, 4) is 0 Å². The number of hydrogen-bond donors (Lipinski definition) is 0. The van der Waals surface area contributed by atoms with Crippen molar-refractivity contribution in [2.75, 3.05) is 0 Å². The quantitative estimate of drug-likeness (QED) is 0.413. The third kappa shape index (κ3) is 5.33. The molecule has 0 bridgehead atoms. The molecule has 0 amide bonds. The third-order valence-corrected chi connectivity index (χ3v) is 4.74. The van der Waals surface area contributed by atoms with Crippen molar-refractivity contribution in [3.63, 3.8) is 0 Å². The molecule has 4 aromatic rings. The van der Waals surface area contributed by atoms with Crippen LogP contribution in [0, 0.1) is 0 Å². The summed E-state index contributed by atoms with van der Waals surface area (Å²) in [4.78, 5) is 21.3. The average Bonchev–Trinajstić information content (AvgIpc) is 2.67. The van der Waals surface area contributed by atoms with Crippen molar-refractivity contribution in [1.29, 1.82) is 0 Å². The van der Waals surface area contributed by atoms with E-state index in [4.69, 9.17) is 23.2 Å². The van der Waals surface area contributed by atoms with Crippen molar-refractivity contribution in [1.82, 2.24) is 0 Å². The van der Waals surface area contributed by atoms with Crippen LogP contribution in [0.15, 0.2) is 72.8 Å². The Hall–Kier alpha value is -2.46. The molecule has 0 spiro atoms. The van der Waals surface area contributed by atoms with Crippen LogP contribution < -0.4 is 10.2 Å². The average molecular weight is 477 g/mol. The molecule has 0 unspecified atom stereocenters. The van der Waals surface area contributed by atoms with Crippen LogP contribution in [-0.2, 0) is 19.5 Å². The fourth-order valence-corrected chi connectivity index (χ4v) is 3.24. The van der Waals surface area contributed by atoms with Gasteiger partial charge in [0.1, 0.15) is 0 Å². The molecule has 0 saturated carbocycles. The van der Waals surface area contributed by atoms with Gasteiger partial charge >= 0.3 is 19.5 Å². The Morgan fingerprint density at radius 1 is 0.586 bits per heavy atom. The Morgan fingerprint density at radius 2 is 0.862 bits per heavy atom. The van der Waals surface area contributed by atoms with Crippen LogP contribution in [0.2, 0.25) is 10.0 Å². The number of carbonyl (C=O) groups excluding carboxylic acids is 2. The second-order valence-electron chi connectivity index (χ2n) is 5.93. The molecule has 0 N–H and O–H groups in total. The summed E-state index contributed by atoms with van der Waals surface area (Å²) in [5.74, 6) is -2.50. The minimum atomic E-state index is -1.25. The summed E-state index contributed by atoms with van der Waals surface area (Å²) in [5.41, 5.74) is 0.0655. The Bertz CT molecular complexity index is 1110. The van der Waals surface area contributed by atoms with Gasteiger partial charge in [-0.1, -0.05) is 71.7 Å². The van der Waals surface area contributed by atoms with E-state index in [0.717, 1.165) is 21.5 Å². The Labute approximate surface area is 189 Å². The van der Waals surface area contributed by atoms with E-state index in [1.165, 1.54) is 12.1 Å². The summed E-state index contributed by atoms with van der Waals surface area (Å²) in [7, 11) is 0. The number of hydrogen-bond acceptors (Lipinski definition) is 4. The maximum atomic E-state index is 10.7. The number of benzene rings is 4. The van der Waals surface area contributed by atoms with Crippen molar-refractivity contribution < 1.29 is 39.3 Å². The van der Waals surface area contributed by atoms with Gasteiger partial charge in [-0.15, -0.1) is 0 Å². The zero-order chi connectivity index (χ0) is 20.3. The summed E-state index contributed by atoms with van der Waals surface area (Å²) in [6, 6.07) is 21.1. The molecular weight excluding hydrogens is 465 g/mol. The Kier molecular flexibility index (Phi) is 7.75. The minimum Gasteiger partial charge on any atom is -0.545 e. The summed E-state index contributed by atoms with van der Waals surface area (Å²) in [5, 5.41) is 25.3. The Morgan fingerprint density at radius 3 is 1.14 bits per heavy atom. The molecule has 0 fully saturated rings. The Balaban J connectivity index is 0.000000200. The maximum Gasteiger partial charge on any atom is 2.00 e. The molecule has 0 radical (unpaired) electrons. The first kappa shape index (κ1) is 22.8. The van der Waals surface area contributed by atoms with Crippen LogP contribution in [0.5, 0.6) is 0 Å². The molecule has 4 nitrogen and oxygen atoms in total. The van der Waals surface area contributed by atoms with E-state index < -0.39 is 11.9 Å². The maximum absolute atomic E-state index is 10.7. The summed E-state index contributed by atoms with van der Waals surface area (Å²) in [6.07, 6.45) is 0. The van der Waals surface area contributed by atoms with E-state index in [9.17, 15) is 19.8 Å². The standard InChI is InChI=1S/2C11H7ClO2.Zn/c2*12-10-6-8-4-2-1-3-7(8)5-9(10)11(13)14;/h2*1-6H,(H,13,14);/q;;+2/p-2. The number of fused-ring (bicyclic) bond motifs is 2. The summed E-state index contributed by atoms with van der Waals surface area (Å²) < 4.78 is 0. The first-order chi connectivity index (χ1) is 13.4. The first-order valence-corrected chi connectivity index (χ1v) is 8.91. The monoisotopic (exact) mass is 474 g/mol. The largest absolute Gasteiger partial charge is 2.00 e. The minimum absolute atomic E-state index is 0. The smallest absolute Gasteiger partial charge is 0.545 e. The second-order valence-corrected chi connectivity index (χ2v) is 6.75. The van der Waals surface area contributed by atoms with Crippen LogP contribution in [0.4, 0.5) is 0 Å². The van der Waals surface area contributed by atoms with Gasteiger partial charge in [0.2, 0.25) is 0 Å². The van der Waals surface area contributed by atoms with Crippen LogP contribution in [0.1, 0.15) is 20.7 Å². The van der Waals surface area contributed by atoms with Crippen molar-refractivity contribution >= 4 is 56.7 Å². The van der Waals surface area contributed by atoms with Gasteiger partial charge < -0.3 is 19.8 Å². The summed E-state index contributed by atoms with van der Waals surface area (Å²) in [6.45, 7) is 0. The number of carbonyl (C=O) groups is 2. The van der Waals surface area contributed by atoms with Gasteiger partial charge in [-0.2, -0.15) is 0 Å². The molecular formula is C22H12Cl2O4Zn. The van der Waals surface area contributed by atoms with E-state index in [-0.39, 0.29) is 40.7 Å². The van der Waals surface area contributed by atoms with Crippen LogP contribution in [-0.4, -0.2) is 11.9 Å². The zero-order valence-electron chi connectivity index (χ0n) is 15.0. The number of carboxylic acid groups (broad SMARTS) is 2. The van der Waals surface area contributed by atoms with Crippen LogP contribution in [0.3, 0.4) is 0 Å². The molecule has 7 heteroatoms. The topological polar surface area (TPSA) is 80.3 Å². The molecule has 0 heterocycles. The van der Waals surface area contributed by atoms with Crippen molar-refractivity contribution in [2.45, 2.75) is 0 Å². The second kappa shape index (κ2) is 9.84. The molecule has 140 valence electrons. The fraction of sp³-hybridized carbons (Fsp3) is 0. The van der Waals surface area contributed by atoms with Crippen molar-refractivity contribution in [3.05, 3.63) is 94.0 Å². The molecule has 29 heavy (non-hydrogen) atoms. The van der Waals surface area contributed by atoms with Gasteiger partial charge in [0, 0.05) is 11.1 Å². The first-order valence-electron chi connectivity index (χ1n) is 8.16. The predicted octanol–water partition coefficient (Wildman–Crippen LogP) is 3.71. The van der Waals surface area contributed by atoms with Gasteiger partial charge in [0.25, 0.3) is 0 Å². The normalized spacial score (nSPS) is 10.0. The number of halogens is 2. The van der Waals surface area contributed by atoms with Gasteiger partial charge in [-0.25, -0.2) is 0 Å². The molecule has 0 aliphatic heterocycles. The third-order valence-electron chi connectivity index (χ3n) is 4.11. The molecule has 4 aromatic carbocycles. The number of aromatic carboxylic acids is 2. The van der Waals surface area contributed by atoms with Gasteiger partial charge in [0.05, 0.1) is 22.0 Å². The number of rotatable bonds is 2. The fourth-order valence-electron chi connectivity index (χ4n) is 2.74. The van der Waals surface area contributed by atoms with Crippen molar-refractivity contribution in [2.24, 2.45) is 0 Å². The van der Waals surface area contributed by atoms with Crippen LogP contribution in [0.25, 0.3) is 21.5 Å². The van der Waals surface area contributed by atoms with E-state index in [0.29, 0.717) is 0 Å². The SMILES string of the molecule is O=C([O-])c1cc2ccccc2cc1Cl.O=C([O-])c1cc2ccccc2cc1Cl.[Zn+2]. The van der Waals surface area contributed by atoms with Crippen LogP contribution >= 0.6 is 23.2 Å². The van der Waals surface area contributed by atoms with E-state index in [2.05, 4.69) is 0 Å². The molecule has 4 rings (SSSR count). The predicted molar refractivity (Wildman–Crippen MR) is 107 cm³/mol. The van der Waals surface area contributed by atoms with E-state index in [1.807, 2.05) is 48.5 Å². The number of carboxylic acids is 2. The molecule has 0 saturated heterocycles. The van der Waals surface area contributed by atoms with Gasteiger partial charge in [0.15, 0.2) is 0 Å².